The number of Topliss-reactive ketones (excluding diaryl/α,β-unsaturated/α-hetero) is 1. The van der Waals surface area contributed by atoms with Crippen molar-refractivity contribution in [2.45, 2.75) is 52.4 Å². The predicted molar refractivity (Wildman–Crippen MR) is 126 cm³/mol. The number of aromatic nitrogens is 2. The molecule has 0 bridgehead atoms. The summed E-state index contributed by atoms with van der Waals surface area (Å²) in [6, 6.07) is 0. The van der Waals surface area contributed by atoms with Crippen LogP contribution in [0.15, 0.2) is 17.0 Å². The van der Waals surface area contributed by atoms with Gasteiger partial charge in [-0.15, -0.1) is 0 Å². The fourth-order valence-electron chi connectivity index (χ4n) is 5.29. The number of H-pyrrole nitrogens is 1. The van der Waals surface area contributed by atoms with E-state index in [9.17, 15) is 9.59 Å². The van der Waals surface area contributed by atoms with Crippen LogP contribution in [0.4, 0.5) is 5.69 Å². The molecule has 9 heteroatoms. The number of methoxy groups -OCH3 is 1. The molecule has 1 aliphatic carbocycles. The third-order valence-corrected chi connectivity index (χ3v) is 7.66. The number of aromatic amines is 1. The minimum atomic E-state index is -0.127. The van der Waals surface area contributed by atoms with Gasteiger partial charge in [-0.2, -0.15) is 0 Å². The summed E-state index contributed by atoms with van der Waals surface area (Å²) in [7, 11) is 7.43. The van der Waals surface area contributed by atoms with Crippen molar-refractivity contribution < 1.29 is 23.3 Å². The first kappa shape index (κ1) is 23.5. The Labute approximate surface area is 195 Å². The average Bonchev–Trinajstić information content (AvgIpc) is 3.32. The molecule has 33 heavy (non-hydrogen) atoms. The molecule has 1 radical (unpaired) electrons. The number of aryl methyl sites for hydroxylation is 2. The third-order valence-electron chi connectivity index (χ3n) is 7.66. The summed E-state index contributed by atoms with van der Waals surface area (Å²) in [5, 5.41) is 6.98. The number of hydrogen-bond acceptors (Lipinski definition) is 5. The SMILES string of the molecule is [B]=C(OC)c1[nH]cc(C)c1NC(=O)C[N+]1(CC(=O)Cc2nocc2C)CCC2(CCC2)CC1. The van der Waals surface area contributed by atoms with Crippen molar-refractivity contribution in [3.8, 4) is 0 Å². The number of carbonyl (C=O) groups excluding carboxylic acids is 2. The molecule has 8 nitrogen and oxygen atoms in total. The zero-order valence-corrected chi connectivity index (χ0v) is 19.8. The van der Waals surface area contributed by atoms with Gasteiger partial charge in [-0.3, -0.25) is 0 Å². The van der Waals surface area contributed by atoms with Crippen LogP contribution in [-0.4, -0.2) is 72.7 Å². The number of nitrogens with one attached hydrogen (secondary N) is 2. The van der Waals surface area contributed by atoms with Gasteiger partial charge in [0.15, 0.2) is 0 Å². The standard InChI is InChI=1S/C24H32BN4O4/c1-16-12-26-22(23(25)32-3)21(16)27-20(31)14-29(9-7-24(8-10-29)5-4-6-24)13-18(30)11-19-17(2)15-33-28-19/h12,15,26H,4-11,13-14H2,1-3H3/p+1. The van der Waals surface area contributed by atoms with Crippen LogP contribution < -0.4 is 5.32 Å². The van der Waals surface area contributed by atoms with Crippen LogP contribution in [0.1, 0.15) is 54.6 Å². The number of rotatable bonds is 9. The van der Waals surface area contributed by atoms with Crippen LogP contribution >= 0.6 is 0 Å². The molecule has 2 fully saturated rings. The third kappa shape index (κ3) is 4.98. The van der Waals surface area contributed by atoms with E-state index in [0.717, 1.165) is 37.1 Å². The fourth-order valence-corrected chi connectivity index (χ4v) is 5.29. The molecule has 0 aromatic carbocycles. The van der Waals surface area contributed by atoms with Gasteiger partial charge in [0.1, 0.15) is 6.26 Å². The molecule has 1 amide bonds. The summed E-state index contributed by atoms with van der Waals surface area (Å²) >= 11 is 0. The first-order valence-corrected chi connectivity index (χ1v) is 11.7. The van der Waals surface area contributed by atoms with E-state index in [-0.39, 0.29) is 30.3 Å². The number of hydrogen-bond donors (Lipinski definition) is 2. The number of carbonyl (C=O) groups is 2. The van der Waals surface area contributed by atoms with Crippen molar-refractivity contribution in [1.29, 1.82) is 0 Å². The molecule has 2 aromatic heterocycles. The van der Waals surface area contributed by atoms with E-state index in [4.69, 9.17) is 16.7 Å². The molecule has 1 spiro atoms. The van der Waals surface area contributed by atoms with E-state index in [1.807, 2.05) is 13.8 Å². The Morgan fingerprint density at radius 2 is 1.94 bits per heavy atom. The van der Waals surface area contributed by atoms with E-state index in [1.165, 1.54) is 26.4 Å². The second-order valence-electron chi connectivity index (χ2n) is 9.96. The van der Waals surface area contributed by atoms with Crippen LogP contribution in [-0.2, 0) is 20.7 Å². The van der Waals surface area contributed by atoms with Gasteiger partial charge in [-0.1, -0.05) is 0 Å². The number of piperidine rings is 1. The molecule has 4 rings (SSSR count). The Morgan fingerprint density at radius 1 is 1.21 bits per heavy atom. The average molecular weight is 452 g/mol. The molecule has 175 valence electrons. The molecule has 2 aliphatic rings. The maximum absolute atomic E-state index is 13.2. The number of ketones is 1. The molecular formula is C24H33BN4O4+. The Morgan fingerprint density at radius 3 is 2.52 bits per heavy atom. The Bertz CT molecular complexity index is 1040. The van der Waals surface area contributed by atoms with Crippen molar-refractivity contribution >= 4 is 30.5 Å². The molecule has 2 N–H and O–H groups in total. The summed E-state index contributed by atoms with van der Waals surface area (Å²) in [5.74, 6) is -0.0438. The van der Waals surface area contributed by atoms with Gasteiger partial charge < -0.3 is 4.52 Å². The van der Waals surface area contributed by atoms with Crippen molar-refractivity contribution in [1.82, 2.24) is 10.1 Å². The van der Waals surface area contributed by atoms with Gasteiger partial charge in [0.25, 0.3) is 0 Å². The van der Waals surface area contributed by atoms with E-state index in [0.29, 0.717) is 33.5 Å². The first-order chi connectivity index (χ1) is 15.7. The quantitative estimate of drug-likeness (QED) is 0.450. The van der Waals surface area contributed by atoms with Crippen molar-refractivity contribution in [2.24, 2.45) is 5.41 Å². The van der Waals surface area contributed by atoms with Crippen LogP contribution in [0.5, 0.6) is 0 Å². The van der Waals surface area contributed by atoms with E-state index in [1.54, 1.807) is 12.5 Å². The summed E-state index contributed by atoms with van der Waals surface area (Å²) in [6.07, 6.45) is 9.53. The number of ether oxygens (including phenoxy) is 1. The zero-order valence-electron chi connectivity index (χ0n) is 19.8. The first-order valence-electron chi connectivity index (χ1n) is 11.7. The van der Waals surface area contributed by atoms with Gasteiger partial charge in [0, 0.05) is 0 Å². The number of quaternary nitrogens is 1. The molecule has 2 aromatic rings. The normalized spacial score (nSPS) is 18.5. The monoisotopic (exact) mass is 452 g/mol. The summed E-state index contributed by atoms with van der Waals surface area (Å²) in [4.78, 5) is 29.3. The molecule has 0 unspecified atom stereocenters. The van der Waals surface area contributed by atoms with Gasteiger partial charge in [0.05, 0.1) is 0 Å². The van der Waals surface area contributed by atoms with E-state index >= 15 is 0 Å². The number of anilines is 1. The Hall–Kier alpha value is -2.68. The number of nitrogens with zero attached hydrogens (tertiary/aromatic N) is 2. The molecular weight excluding hydrogens is 419 g/mol. The van der Waals surface area contributed by atoms with Gasteiger partial charge in [0.2, 0.25) is 0 Å². The molecule has 3 heterocycles. The molecule has 0 atom stereocenters. The Balaban J connectivity index is 1.48. The maximum atomic E-state index is 13.2. The Kier molecular flexibility index (Phi) is 6.61. The van der Waals surface area contributed by atoms with Gasteiger partial charge >= 0.3 is 178 Å². The van der Waals surface area contributed by atoms with Crippen LogP contribution in [0, 0.1) is 19.3 Å². The molecule has 1 saturated heterocycles. The summed E-state index contributed by atoms with van der Waals surface area (Å²) in [5.41, 5.74) is 4.24. The zero-order chi connectivity index (χ0) is 23.6. The van der Waals surface area contributed by atoms with Crippen LogP contribution in [0.25, 0.3) is 0 Å². The van der Waals surface area contributed by atoms with Crippen molar-refractivity contribution in [3.63, 3.8) is 0 Å². The fraction of sp³-hybridized carbons (Fsp3) is 0.583. The van der Waals surface area contributed by atoms with Crippen molar-refractivity contribution in [2.75, 3.05) is 38.6 Å². The van der Waals surface area contributed by atoms with Gasteiger partial charge in [-0.25, -0.2) is 0 Å². The van der Waals surface area contributed by atoms with Crippen LogP contribution in [0.3, 0.4) is 0 Å². The van der Waals surface area contributed by atoms with E-state index in [2.05, 4.69) is 15.5 Å². The number of amides is 1. The topological polar surface area (TPSA) is 97.2 Å². The number of likely N-dealkylation sites (tertiary alicyclic amines) is 1. The van der Waals surface area contributed by atoms with Crippen LogP contribution in [0.2, 0.25) is 0 Å². The second-order valence-corrected chi connectivity index (χ2v) is 9.96. The van der Waals surface area contributed by atoms with E-state index < -0.39 is 0 Å². The second kappa shape index (κ2) is 9.29. The minimum absolute atomic E-state index is 0.0832. The molecule has 1 saturated carbocycles. The van der Waals surface area contributed by atoms with Gasteiger partial charge in [-0.05, 0) is 6.92 Å². The van der Waals surface area contributed by atoms with Crippen molar-refractivity contribution in [3.05, 3.63) is 35.0 Å². The summed E-state index contributed by atoms with van der Waals surface area (Å²) < 4.78 is 10.6. The molecule has 1 aliphatic heterocycles. The predicted octanol–water partition coefficient (Wildman–Crippen LogP) is 2.44. The summed E-state index contributed by atoms with van der Waals surface area (Å²) in [6.45, 7) is 6.02.